The van der Waals surface area contributed by atoms with E-state index in [1.54, 1.807) is 12.1 Å². The van der Waals surface area contributed by atoms with Gasteiger partial charge in [0.1, 0.15) is 0 Å². The third-order valence-corrected chi connectivity index (χ3v) is 4.65. The summed E-state index contributed by atoms with van der Waals surface area (Å²) in [6, 6.07) is 5.66. The van der Waals surface area contributed by atoms with Crippen molar-refractivity contribution >= 4 is 21.8 Å². The molecule has 0 unspecified atom stereocenters. The van der Waals surface area contributed by atoms with E-state index in [-0.39, 0.29) is 5.91 Å². The van der Waals surface area contributed by atoms with E-state index in [0.29, 0.717) is 35.4 Å². The van der Waals surface area contributed by atoms with Gasteiger partial charge in [-0.25, -0.2) is 0 Å². The van der Waals surface area contributed by atoms with Gasteiger partial charge in [0.25, 0.3) is 5.91 Å². The molecular formula is C16H18BrN3O2. The number of hydrogen-bond acceptors (Lipinski definition) is 3. The Balaban J connectivity index is 1.38. The standard InChI is InChI=1S/C16H18BrN3O2/c17-15-6-5-14(22-15)16(21)18-7-8-20-13(11-3-4-11)9-12(19-20)10-1-2-10/h5-6,9-11H,1-4,7-8H2,(H,18,21). The second-order valence-electron chi connectivity index (χ2n) is 6.13. The number of furan rings is 1. The van der Waals surface area contributed by atoms with Crippen LogP contribution in [-0.4, -0.2) is 22.2 Å². The van der Waals surface area contributed by atoms with Crippen molar-refractivity contribution in [1.29, 1.82) is 0 Å². The lowest BCUT2D eigenvalue weighted by Gasteiger charge is -2.07. The van der Waals surface area contributed by atoms with Crippen LogP contribution < -0.4 is 5.32 Å². The highest BCUT2D eigenvalue weighted by Gasteiger charge is 2.32. The lowest BCUT2D eigenvalue weighted by Crippen LogP contribution is -2.27. The van der Waals surface area contributed by atoms with Crippen LogP contribution in [0.4, 0.5) is 0 Å². The topological polar surface area (TPSA) is 60.1 Å². The molecule has 4 rings (SSSR count). The Labute approximate surface area is 137 Å². The molecule has 2 saturated carbocycles. The highest BCUT2D eigenvalue weighted by Crippen LogP contribution is 2.44. The smallest absolute Gasteiger partial charge is 0.287 e. The molecule has 2 aromatic rings. The summed E-state index contributed by atoms with van der Waals surface area (Å²) >= 11 is 3.20. The van der Waals surface area contributed by atoms with Gasteiger partial charge >= 0.3 is 0 Å². The molecule has 6 heteroatoms. The van der Waals surface area contributed by atoms with E-state index in [9.17, 15) is 4.79 Å². The number of nitrogens with zero attached hydrogens (tertiary/aromatic N) is 2. The maximum atomic E-state index is 11.9. The van der Waals surface area contributed by atoms with Crippen LogP contribution in [0, 0.1) is 0 Å². The fourth-order valence-corrected chi connectivity index (χ4v) is 3.02. The van der Waals surface area contributed by atoms with Crippen LogP contribution in [-0.2, 0) is 6.54 Å². The molecule has 116 valence electrons. The first kappa shape index (κ1) is 14.1. The lowest BCUT2D eigenvalue weighted by atomic mass is 10.2. The van der Waals surface area contributed by atoms with Crippen LogP contribution in [0.15, 0.2) is 27.3 Å². The summed E-state index contributed by atoms with van der Waals surface area (Å²) in [5.41, 5.74) is 2.58. The number of carbonyl (C=O) groups excluding carboxylic acids is 1. The van der Waals surface area contributed by atoms with Crippen molar-refractivity contribution in [2.24, 2.45) is 0 Å². The molecule has 2 aromatic heterocycles. The fourth-order valence-electron chi connectivity index (χ4n) is 2.72. The highest BCUT2D eigenvalue weighted by atomic mass is 79.9. The second kappa shape index (κ2) is 5.57. The molecule has 22 heavy (non-hydrogen) atoms. The summed E-state index contributed by atoms with van der Waals surface area (Å²) in [5, 5.41) is 7.63. The molecule has 2 fully saturated rings. The van der Waals surface area contributed by atoms with Crippen LogP contribution in [0.5, 0.6) is 0 Å². The van der Waals surface area contributed by atoms with Crippen LogP contribution >= 0.6 is 15.9 Å². The van der Waals surface area contributed by atoms with Crippen molar-refractivity contribution < 1.29 is 9.21 Å². The number of aromatic nitrogens is 2. The number of hydrogen-bond donors (Lipinski definition) is 1. The number of halogens is 1. The molecule has 0 saturated heterocycles. The largest absolute Gasteiger partial charge is 0.444 e. The van der Waals surface area contributed by atoms with Gasteiger partial charge in [-0.1, -0.05) is 0 Å². The summed E-state index contributed by atoms with van der Waals surface area (Å²) in [5.74, 6) is 1.49. The average Bonchev–Trinajstić information content (AvgIpc) is 3.43. The second-order valence-corrected chi connectivity index (χ2v) is 6.91. The molecule has 2 aliphatic rings. The van der Waals surface area contributed by atoms with E-state index < -0.39 is 0 Å². The molecule has 0 atom stereocenters. The third-order valence-electron chi connectivity index (χ3n) is 4.23. The van der Waals surface area contributed by atoms with E-state index in [1.807, 2.05) is 0 Å². The molecule has 0 radical (unpaired) electrons. The van der Waals surface area contributed by atoms with Crippen LogP contribution in [0.25, 0.3) is 0 Å². The van der Waals surface area contributed by atoms with Crippen LogP contribution in [0.3, 0.4) is 0 Å². The van der Waals surface area contributed by atoms with Gasteiger partial charge < -0.3 is 9.73 Å². The number of rotatable bonds is 6. The van der Waals surface area contributed by atoms with Gasteiger partial charge in [-0.15, -0.1) is 0 Å². The number of amides is 1. The Morgan fingerprint density at radius 1 is 1.32 bits per heavy atom. The van der Waals surface area contributed by atoms with Gasteiger partial charge in [0.15, 0.2) is 10.4 Å². The summed E-state index contributed by atoms with van der Waals surface area (Å²) in [6.07, 6.45) is 5.07. The third kappa shape index (κ3) is 2.97. The Bertz CT molecular complexity index is 698. The molecule has 0 aliphatic heterocycles. The lowest BCUT2D eigenvalue weighted by molar-refractivity contribution is 0.0923. The quantitative estimate of drug-likeness (QED) is 0.855. The molecule has 0 bridgehead atoms. The maximum Gasteiger partial charge on any atom is 0.287 e. The summed E-state index contributed by atoms with van der Waals surface area (Å²) in [7, 11) is 0. The molecule has 0 aromatic carbocycles. The fraction of sp³-hybridized carbons (Fsp3) is 0.500. The van der Waals surface area contributed by atoms with E-state index in [1.165, 1.54) is 37.1 Å². The van der Waals surface area contributed by atoms with Crippen molar-refractivity contribution in [2.75, 3.05) is 6.54 Å². The van der Waals surface area contributed by atoms with E-state index in [2.05, 4.69) is 32.0 Å². The Morgan fingerprint density at radius 3 is 2.73 bits per heavy atom. The van der Waals surface area contributed by atoms with Crippen molar-refractivity contribution in [3.8, 4) is 0 Å². The van der Waals surface area contributed by atoms with Crippen molar-refractivity contribution in [2.45, 2.75) is 44.1 Å². The summed E-state index contributed by atoms with van der Waals surface area (Å²) in [6.45, 7) is 1.27. The summed E-state index contributed by atoms with van der Waals surface area (Å²) < 4.78 is 7.90. The molecule has 2 aliphatic carbocycles. The molecular weight excluding hydrogens is 346 g/mol. The molecule has 0 spiro atoms. The first-order chi connectivity index (χ1) is 10.7. The van der Waals surface area contributed by atoms with Gasteiger partial charge in [0.05, 0.1) is 12.2 Å². The zero-order chi connectivity index (χ0) is 15.1. The number of carbonyl (C=O) groups is 1. The first-order valence-corrected chi connectivity index (χ1v) is 8.61. The molecule has 5 nitrogen and oxygen atoms in total. The minimum absolute atomic E-state index is 0.187. The predicted molar refractivity (Wildman–Crippen MR) is 84.9 cm³/mol. The van der Waals surface area contributed by atoms with Gasteiger partial charge in [-0.2, -0.15) is 5.10 Å². The zero-order valence-electron chi connectivity index (χ0n) is 12.2. The van der Waals surface area contributed by atoms with E-state index >= 15 is 0 Å². The highest BCUT2D eigenvalue weighted by molar-refractivity contribution is 9.10. The Morgan fingerprint density at radius 2 is 2.09 bits per heavy atom. The SMILES string of the molecule is O=C(NCCn1nc(C2CC2)cc1C1CC1)c1ccc(Br)o1. The van der Waals surface area contributed by atoms with Crippen molar-refractivity contribution in [1.82, 2.24) is 15.1 Å². The van der Waals surface area contributed by atoms with Crippen molar-refractivity contribution in [3.63, 3.8) is 0 Å². The van der Waals surface area contributed by atoms with Crippen LogP contribution in [0.1, 0.15) is 59.5 Å². The molecule has 2 heterocycles. The van der Waals surface area contributed by atoms with Crippen molar-refractivity contribution in [3.05, 3.63) is 40.0 Å². The minimum Gasteiger partial charge on any atom is -0.444 e. The minimum atomic E-state index is -0.187. The van der Waals surface area contributed by atoms with Gasteiger partial charge in [-0.05, 0) is 59.8 Å². The Hall–Kier alpha value is -1.56. The number of nitrogens with one attached hydrogen (secondary N) is 1. The van der Waals surface area contributed by atoms with Crippen LogP contribution in [0.2, 0.25) is 0 Å². The van der Waals surface area contributed by atoms with Gasteiger partial charge in [0, 0.05) is 24.1 Å². The normalized spacial score (nSPS) is 17.7. The summed E-state index contributed by atoms with van der Waals surface area (Å²) in [4.78, 5) is 11.9. The average molecular weight is 364 g/mol. The maximum absolute atomic E-state index is 11.9. The predicted octanol–water partition coefficient (Wildman–Crippen LogP) is 3.42. The molecule has 1 N–H and O–H groups in total. The monoisotopic (exact) mass is 363 g/mol. The Kier molecular flexibility index (Phi) is 3.56. The zero-order valence-corrected chi connectivity index (χ0v) is 13.8. The first-order valence-electron chi connectivity index (χ1n) is 7.82. The van der Waals surface area contributed by atoms with Gasteiger partial charge in [0.2, 0.25) is 0 Å². The molecule has 1 amide bonds. The van der Waals surface area contributed by atoms with Gasteiger partial charge in [-0.3, -0.25) is 9.48 Å². The van der Waals surface area contributed by atoms with E-state index in [4.69, 9.17) is 9.52 Å². The van der Waals surface area contributed by atoms with E-state index in [0.717, 1.165) is 0 Å².